The summed E-state index contributed by atoms with van der Waals surface area (Å²) >= 11 is 3.59. The van der Waals surface area contributed by atoms with Crippen molar-refractivity contribution in [3.05, 3.63) is 58.3 Å². The van der Waals surface area contributed by atoms with E-state index in [-0.39, 0.29) is 0 Å². The van der Waals surface area contributed by atoms with Crippen molar-refractivity contribution in [3.8, 4) is 21.5 Å². The van der Waals surface area contributed by atoms with Crippen molar-refractivity contribution < 1.29 is 8.83 Å². The van der Waals surface area contributed by atoms with Crippen molar-refractivity contribution in [3.63, 3.8) is 0 Å². The van der Waals surface area contributed by atoms with Gasteiger partial charge in [0.2, 0.25) is 11.8 Å². The highest BCUT2D eigenvalue weighted by Gasteiger charge is 2.18. The first-order valence-corrected chi connectivity index (χ1v) is 15.7. The van der Waals surface area contributed by atoms with Crippen LogP contribution in [0.3, 0.4) is 0 Å². The van der Waals surface area contributed by atoms with Crippen LogP contribution >= 0.6 is 22.7 Å². The molecule has 0 amide bonds. The van der Waals surface area contributed by atoms with Crippen molar-refractivity contribution in [2.75, 3.05) is 0 Å². The van der Waals surface area contributed by atoms with Crippen LogP contribution in [0, 0.1) is 0 Å². The second-order valence-electron chi connectivity index (χ2n) is 10.1. The Labute approximate surface area is 231 Å². The fraction of sp³-hybridized carbons (Fsp3) is 0.375. The van der Waals surface area contributed by atoms with Crippen LogP contribution in [-0.4, -0.2) is 9.97 Å². The quantitative estimate of drug-likeness (QED) is 0.144. The third-order valence-corrected chi connectivity index (χ3v) is 9.47. The fourth-order valence-corrected chi connectivity index (χ4v) is 7.04. The Kier molecular flexibility index (Phi) is 7.61. The minimum atomic E-state index is 0.695. The molecule has 0 spiro atoms. The van der Waals surface area contributed by atoms with Crippen molar-refractivity contribution in [1.82, 2.24) is 9.97 Å². The van der Waals surface area contributed by atoms with Gasteiger partial charge < -0.3 is 8.83 Å². The van der Waals surface area contributed by atoms with Gasteiger partial charge in [0, 0.05) is 20.5 Å². The van der Waals surface area contributed by atoms with Crippen molar-refractivity contribution >= 4 is 55.6 Å². The van der Waals surface area contributed by atoms with E-state index >= 15 is 0 Å². The molecule has 0 unspecified atom stereocenters. The zero-order valence-corrected chi connectivity index (χ0v) is 23.9. The van der Waals surface area contributed by atoms with Gasteiger partial charge in [0.05, 0.1) is 9.75 Å². The van der Waals surface area contributed by atoms with Crippen LogP contribution in [0.2, 0.25) is 0 Å². The van der Waals surface area contributed by atoms with Crippen molar-refractivity contribution in [1.29, 1.82) is 0 Å². The maximum Gasteiger partial charge on any atom is 0.237 e. The predicted octanol–water partition coefficient (Wildman–Crippen LogP) is 10.8. The fourth-order valence-electron chi connectivity index (χ4n) is 5.09. The first-order chi connectivity index (χ1) is 18.7. The van der Waals surface area contributed by atoms with Gasteiger partial charge in [0.1, 0.15) is 11.0 Å². The molecule has 0 aliphatic carbocycles. The van der Waals surface area contributed by atoms with E-state index < -0.39 is 0 Å². The third-order valence-electron chi connectivity index (χ3n) is 7.20. The molecule has 0 N–H and O–H groups in total. The van der Waals surface area contributed by atoms with Crippen LogP contribution in [0.1, 0.15) is 75.0 Å². The topological polar surface area (TPSA) is 52.1 Å². The van der Waals surface area contributed by atoms with Crippen LogP contribution in [-0.2, 0) is 12.8 Å². The maximum absolute atomic E-state index is 6.36. The van der Waals surface area contributed by atoms with E-state index in [9.17, 15) is 0 Å². The number of hydrogen-bond donors (Lipinski definition) is 0. The highest BCUT2D eigenvalue weighted by atomic mass is 32.1. The van der Waals surface area contributed by atoms with E-state index in [2.05, 4.69) is 50.2 Å². The number of rotatable bonds is 12. The Morgan fingerprint density at radius 1 is 0.553 bits per heavy atom. The van der Waals surface area contributed by atoms with Crippen LogP contribution in [0.25, 0.3) is 54.5 Å². The Morgan fingerprint density at radius 3 is 1.47 bits per heavy atom. The summed E-state index contributed by atoms with van der Waals surface area (Å²) in [7, 11) is 0. The summed E-state index contributed by atoms with van der Waals surface area (Å²) < 4.78 is 12.7. The Hall–Kier alpha value is -2.96. The lowest BCUT2D eigenvalue weighted by Crippen LogP contribution is -1.80. The summed E-state index contributed by atoms with van der Waals surface area (Å²) in [5.41, 5.74) is 3.35. The van der Waals surface area contributed by atoms with Gasteiger partial charge in [0.15, 0.2) is 11.2 Å². The van der Waals surface area contributed by atoms with E-state index in [1.807, 2.05) is 12.1 Å². The Bertz CT molecular complexity index is 1550. The molecule has 2 aromatic carbocycles. The monoisotopic (exact) mass is 542 g/mol. The number of aryl methyl sites for hydroxylation is 2. The molecule has 0 fully saturated rings. The van der Waals surface area contributed by atoms with Gasteiger partial charge in [-0.2, -0.15) is 0 Å². The van der Waals surface area contributed by atoms with E-state index in [1.54, 1.807) is 22.7 Å². The van der Waals surface area contributed by atoms with Gasteiger partial charge in [-0.25, -0.2) is 9.97 Å². The Balaban J connectivity index is 1.27. The van der Waals surface area contributed by atoms with E-state index in [0.717, 1.165) is 55.6 Å². The minimum absolute atomic E-state index is 0.695. The molecule has 6 aromatic rings. The number of aromatic nitrogens is 2. The van der Waals surface area contributed by atoms with Gasteiger partial charge in [-0.15, -0.1) is 22.7 Å². The number of hydrogen-bond acceptors (Lipinski definition) is 6. The molecule has 6 heteroatoms. The maximum atomic E-state index is 6.36. The van der Waals surface area contributed by atoms with Crippen LogP contribution in [0.4, 0.5) is 0 Å². The van der Waals surface area contributed by atoms with E-state index in [1.165, 1.54) is 61.1 Å². The number of benzene rings is 2. The number of fused-ring (bicyclic) bond motifs is 5. The molecule has 4 aromatic heterocycles. The van der Waals surface area contributed by atoms with Gasteiger partial charge in [0.25, 0.3) is 0 Å². The molecular formula is C32H34N2O2S2. The lowest BCUT2D eigenvalue weighted by Gasteiger charge is -1.98. The third kappa shape index (κ3) is 5.16. The summed E-state index contributed by atoms with van der Waals surface area (Å²) in [5.74, 6) is 1.39. The lowest BCUT2D eigenvalue weighted by atomic mass is 10.1. The largest absolute Gasteiger partial charge is 0.435 e. The predicted molar refractivity (Wildman–Crippen MR) is 161 cm³/mol. The molecular weight excluding hydrogens is 508 g/mol. The molecule has 0 atom stereocenters. The summed E-state index contributed by atoms with van der Waals surface area (Å²) in [6.07, 6.45) is 12.5. The lowest BCUT2D eigenvalue weighted by molar-refractivity contribution is 0.622. The number of thiophene rings is 2. The summed E-state index contributed by atoms with van der Waals surface area (Å²) in [4.78, 5) is 14.6. The molecule has 196 valence electrons. The zero-order valence-electron chi connectivity index (χ0n) is 22.2. The molecule has 0 radical (unpaired) electrons. The number of unbranched alkanes of at least 4 members (excludes halogenated alkanes) is 6. The first kappa shape index (κ1) is 25.3. The molecule has 0 bridgehead atoms. The molecule has 6 rings (SSSR count). The molecule has 0 saturated heterocycles. The average molecular weight is 543 g/mol. The number of nitrogens with zero attached hydrogens (tertiary/aromatic N) is 2. The molecule has 0 aliphatic heterocycles. The average Bonchev–Trinajstić information content (AvgIpc) is 3.73. The van der Waals surface area contributed by atoms with Crippen LogP contribution in [0.15, 0.2) is 57.4 Å². The summed E-state index contributed by atoms with van der Waals surface area (Å²) in [5, 5.41) is 2.02. The summed E-state index contributed by atoms with van der Waals surface area (Å²) in [6, 6.07) is 17.0. The normalized spacial score (nSPS) is 11.9. The zero-order chi connectivity index (χ0) is 25.9. The van der Waals surface area contributed by atoms with Gasteiger partial charge in [-0.05, 0) is 74.2 Å². The van der Waals surface area contributed by atoms with E-state index in [4.69, 9.17) is 18.8 Å². The minimum Gasteiger partial charge on any atom is -0.435 e. The highest BCUT2D eigenvalue weighted by molar-refractivity contribution is 7.15. The van der Waals surface area contributed by atoms with E-state index in [0.29, 0.717) is 11.8 Å². The second kappa shape index (κ2) is 11.4. The SMILES string of the molecule is CCCCCCc1ccc(-c2nc3ccc4c(ccc5nc(-c6ccc(CCCCCC)s6)oc54)c3o2)s1. The summed E-state index contributed by atoms with van der Waals surface area (Å²) in [6.45, 7) is 4.50. The van der Waals surface area contributed by atoms with Crippen molar-refractivity contribution in [2.24, 2.45) is 0 Å². The van der Waals surface area contributed by atoms with Gasteiger partial charge in [-0.1, -0.05) is 52.4 Å². The van der Waals surface area contributed by atoms with Gasteiger partial charge >= 0.3 is 0 Å². The molecule has 4 nitrogen and oxygen atoms in total. The molecule has 4 heterocycles. The Morgan fingerprint density at radius 2 is 1.03 bits per heavy atom. The number of oxazole rings is 2. The van der Waals surface area contributed by atoms with Crippen LogP contribution in [0.5, 0.6) is 0 Å². The standard InChI is InChI=1S/C32H34N2O2S2/c1-3-5-7-9-11-21-13-19-27(37-21)31-33-25-17-15-24-23(29(25)35-31)16-18-26-30(24)36-32(34-26)28-20-14-22(38-28)12-10-8-6-4-2/h13-20H,3-12H2,1-2H3. The van der Waals surface area contributed by atoms with Gasteiger partial charge in [-0.3, -0.25) is 0 Å². The van der Waals surface area contributed by atoms with Crippen molar-refractivity contribution in [2.45, 2.75) is 78.1 Å². The molecule has 38 heavy (non-hydrogen) atoms. The molecule has 0 aliphatic rings. The first-order valence-electron chi connectivity index (χ1n) is 14.0. The second-order valence-corrected chi connectivity index (χ2v) is 12.5. The van der Waals surface area contributed by atoms with Crippen LogP contribution < -0.4 is 0 Å². The smallest absolute Gasteiger partial charge is 0.237 e. The molecule has 0 saturated carbocycles. The highest BCUT2D eigenvalue weighted by Crippen LogP contribution is 2.38.